The van der Waals surface area contributed by atoms with Crippen LogP contribution in [0.15, 0.2) is 24.3 Å². The van der Waals surface area contributed by atoms with Crippen molar-refractivity contribution in [2.45, 2.75) is 32.7 Å². The van der Waals surface area contributed by atoms with Gasteiger partial charge in [0.2, 0.25) is 5.91 Å². The van der Waals surface area contributed by atoms with Gasteiger partial charge in [0.25, 0.3) is 0 Å². The Hall–Kier alpha value is -1.46. The minimum Gasteiger partial charge on any atom is -0.341 e. The van der Waals surface area contributed by atoms with Gasteiger partial charge in [-0.15, -0.1) is 0 Å². The maximum Gasteiger partial charge on any atom is 0.227 e. The number of amides is 1. The molecule has 1 aromatic rings. The number of carbonyl (C=O) groups is 1. The molecule has 1 amide bonds. The SMILES string of the molecule is CCN1CCCN(C(=O)C2CCCN(Cc3cccc(F)c3)C2)CC1. The van der Waals surface area contributed by atoms with E-state index in [9.17, 15) is 9.18 Å². The predicted molar refractivity (Wildman–Crippen MR) is 97.7 cm³/mol. The highest BCUT2D eigenvalue weighted by atomic mass is 19.1. The van der Waals surface area contributed by atoms with E-state index < -0.39 is 0 Å². The molecule has 2 aliphatic heterocycles. The van der Waals surface area contributed by atoms with E-state index in [-0.39, 0.29) is 11.7 Å². The Bertz CT molecular complexity index is 580. The Balaban J connectivity index is 1.56. The van der Waals surface area contributed by atoms with E-state index in [1.807, 2.05) is 6.07 Å². The smallest absolute Gasteiger partial charge is 0.227 e. The highest BCUT2D eigenvalue weighted by Gasteiger charge is 2.30. The van der Waals surface area contributed by atoms with Gasteiger partial charge in [0.05, 0.1) is 5.92 Å². The van der Waals surface area contributed by atoms with Crippen molar-refractivity contribution >= 4 is 5.91 Å². The Kier molecular flexibility index (Phi) is 6.43. The second-order valence-corrected chi connectivity index (χ2v) is 7.32. The number of hydrogen-bond acceptors (Lipinski definition) is 3. The van der Waals surface area contributed by atoms with Gasteiger partial charge in [-0.1, -0.05) is 19.1 Å². The van der Waals surface area contributed by atoms with E-state index in [2.05, 4.69) is 21.6 Å². The number of piperidine rings is 1. The molecule has 0 radical (unpaired) electrons. The summed E-state index contributed by atoms with van der Waals surface area (Å²) in [6, 6.07) is 6.79. The number of nitrogens with zero attached hydrogens (tertiary/aromatic N) is 3. The van der Waals surface area contributed by atoms with Crippen LogP contribution in [0.5, 0.6) is 0 Å². The molecule has 0 bridgehead atoms. The van der Waals surface area contributed by atoms with Crippen molar-refractivity contribution in [3.8, 4) is 0 Å². The van der Waals surface area contributed by atoms with E-state index in [1.165, 1.54) is 6.07 Å². The Labute approximate surface area is 150 Å². The molecule has 5 heteroatoms. The van der Waals surface area contributed by atoms with Crippen molar-refractivity contribution in [1.29, 1.82) is 0 Å². The van der Waals surface area contributed by atoms with Crippen LogP contribution in [0.3, 0.4) is 0 Å². The van der Waals surface area contributed by atoms with Crippen molar-refractivity contribution in [2.24, 2.45) is 5.92 Å². The summed E-state index contributed by atoms with van der Waals surface area (Å²) in [5.41, 5.74) is 0.987. The summed E-state index contributed by atoms with van der Waals surface area (Å²) in [6.07, 6.45) is 3.09. The summed E-state index contributed by atoms with van der Waals surface area (Å²) in [5.74, 6) is 0.226. The Morgan fingerprint density at radius 1 is 1.12 bits per heavy atom. The quantitative estimate of drug-likeness (QED) is 0.838. The third-order valence-electron chi connectivity index (χ3n) is 5.50. The summed E-state index contributed by atoms with van der Waals surface area (Å²) in [4.78, 5) is 19.8. The molecule has 2 fully saturated rings. The lowest BCUT2D eigenvalue weighted by atomic mass is 9.96. The van der Waals surface area contributed by atoms with E-state index in [4.69, 9.17) is 0 Å². The first-order valence-electron chi connectivity index (χ1n) is 9.63. The van der Waals surface area contributed by atoms with Gasteiger partial charge in [-0.05, 0) is 56.6 Å². The molecule has 3 rings (SSSR count). The molecule has 4 nitrogen and oxygen atoms in total. The fourth-order valence-electron chi connectivity index (χ4n) is 4.06. The van der Waals surface area contributed by atoms with Crippen LogP contribution in [-0.2, 0) is 11.3 Å². The zero-order valence-corrected chi connectivity index (χ0v) is 15.3. The normalized spacial score (nSPS) is 23.4. The van der Waals surface area contributed by atoms with Gasteiger partial charge in [-0.3, -0.25) is 9.69 Å². The zero-order valence-electron chi connectivity index (χ0n) is 15.3. The van der Waals surface area contributed by atoms with Crippen LogP contribution >= 0.6 is 0 Å². The largest absolute Gasteiger partial charge is 0.341 e. The number of rotatable bonds is 4. The maximum absolute atomic E-state index is 13.4. The zero-order chi connectivity index (χ0) is 17.6. The molecule has 0 aromatic heterocycles. The van der Waals surface area contributed by atoms with E-state index in [0.717, 1.165) is 77.2 Å². The molecule has 0 N–H and O–H groups in total. The standard InChI is InChI=1S/C20H30FN3O/c1-2-22-10-5-11-24(13-12-22)20(25)18-7-4-9-23(16-18)15-17-6-3-8-19(21)14-17/h3,6,8,14,18H,2,4-5,7,9-13,15-16H2,1H3. The van der Waals surface area contributed by atoms with Crippen molar-refractivity contribution in [3.63, 3.8) is 0 Å². The van der Waals surface area contributed by atoms with Crippen LogP contribution in [-0.4, -0.2) is 66.4 Å². The molecule has 1 unspecified atom stereocenters. The predicted octanol–water partition coefficient (Wildman–Crippen LogP) is 2.59. The molecule has 25 heavy (non-hydrogen) atoms. The van der Waals surface area contributed by atoms with Gasteiger partial charge < -0.3 is 9.80 Å². The molecule has 2 saturated heterocycles. The van der Waals surface area contributed by atoms with E-state index >= 15 is 0 Å². The molecule has 0 saturated carbocycles. The lowest BCUT2D eigenvalue weighted by Crippen LogP contribution is -2.45. The molecule has 138 valence electrons. The van der Waals surface area contributed by atoms with Crippen molar-refractivity contribution in [1.82, 2.24) is 14.7 Å². The average Bonchev–Trinajstić information content (AvgIpc) is 2.87. The van der Waals surface area contributed by atoms with Crippen LogP contribution < -0.4 is 0 Å². The first-order chi connectivity index (χ1) is 12.2. The molecular weight excluding hydrogens is 317 g/mol. The summed E-state index contributed by atoms with van der Waals surface area (Å²) in [6.45, 7) is 9.58. The lowest BCUT2D eigenvalue weighted by molar-refractivity contribution is -0.137. The molecular formula is C20H30FN3O. The number of benzene rings is 1. The summed E-state index contributed by atoms with van der Waals surface area (Å²) in [7, 11) is 0. The first kappa shape index (κ1) is 18.3. The number of carbonyl (C=O) groups excluding carboxylic acids is 1. The second-order valence-electron chi connectivity index (χ2n) is 7.32. The average molecular weight is 347 g/mol. The number of likely N-dealkylation sites (tertiary alicyclic amines) is 1. The maximum atomic E-state index is 13.4. The molecule has 2 heterocycles. The van der Waals surface area contributed by atoms with Gasteiger partial charge in [0.1, 0.15) is 5.82 Å². The minimum absolute atomic E-state index is 0.0930. The molecule has 1 aromatic carbocycles. The lowest BCUT2D eigenvalue weighted by Gasteiger charge is -2.34. The summed E-state index contributed by atoms with van der Waals surface area (Å²) < 4.78 is 13.4. The Morgan fingerprint density at radius 2 is 1.96 bits per heavy atom. The topological polar surface area (TPSA) is 26.8 Å². The number of halogens is 1. The van der Waals surface area contributed by atoms with Crippen molar-refractivity contribution in [2.75, 3.05) is 45.8 Å². The third-order valence-corrected chi connectivity index (χ3v) is 5.50. The van der Waals surface area contributed by atoms with Gasteiger partial charge >= 0.3 is 0 Å². The minimum atomic E-state index is -0.188. The van der Waals surface area contributed by atoms with Crippen LogP contribution in [0.4, 0.5) is 4.39 Å². The van der Waals surface area contributed by atoms with Crippen LogP contribution in [0.1, 0.15) is 31.7 Å². The number of likely N-dealkylation sites (N-methyl/N-ethyl adjacent to an activating group) is 1. The van der Waals surface area contributed by atoms with Gasteiger partial charge in [-0.25, -0.2) is 4.39 Å². The van der Waals surface area contributed by atoms with Gasteiger partial charge in [0, 0.05) is 32.7 Å². The van der Waals surface area contributed by atoms with Crippen LogP contribution in [0, 0.1) is 11.7 Å². The van der Waals surface area contributed by atoms with Crippen molar-refractivity contribution in [3.05, 3.63) is 35.6 Å². The first-order valence-corrected chi connectivity index (χ1v) is 9.63. The van der Waals surface area contributed by atoms with Crippen LogP contribution in [0.2, 0.25) is 0 Å². The highest BCUT2D eigenvalue weighted by Crippen LogP contribution is 2.21. The van der Waals surface area contributed by atoms with Gasteiger partial charge in [-0.2, -0.15) is 0 Å². The Morgan fingerprint density at radius 3 is 2.76 bits per heavy atom. The van der Waals surface area contributed by atoms with E-state index in [1.54, 1.807) is 12.1 Å². The van der Waals surface area contributed by atoms with Gasteiger partial charge in [0.15, 0.2) is 0 Å². The molecule has 1 atom stereocenters. The molecule has 0 spiro atoms. The fraction of sp³-hybridized carbons (Fsp3) is 0.650. The van der Waals surface area contributed by atoms with Crippen LogP contribution in [0.25, 0.3) is 0 Å². The van der Waals surface area contributed by atoms with E-state index in [0.29, 0.717) is 5.91 Å². The molecule has 2 aliphatic rings. The highest BCUT2D eigenvalue weighted by molar-refractivity contribution is 5.79. The van der Waals surface area contributed by atoms with Crippen molar-refractivity contribution < 1.29 is 9.18 Å². The summed E-state index contributed by atoms with van der Waals surface area (Å²) >= 11 is 0. The monoisotopic (exact) mass is 347 g/mol. The second kappa shape index (κ2) is 8.77. The molecule has 0 aliphatic carbocycles. The third kappa shape index (κ3) is 5.02. The number of hydrogen-bond donors (Lipinski definition) is 0. The summed E-state index contributed by atoms with van der Waals surface area (Å²) in [5, 5.41) is 0. The fourth-order valence-corrected chi connectivity index (χ4v) is 4.06.